The predicted octanol–water partition coefficient (Wildman–Crippen LogP) is 3.28. The third kappa shape index (κ3) is 4.60. The zero-order chi connectivity index (χ0) is 15.3. The van der Waals surface area contributed by atoms with Crippen LogP contribution in [0.4, 0.5) is 0 Å². The summed E-state index contributed by atoms with van der Waals surface area (Å²) in [5.41, 5.74) is 2.32. The van der Waals surface area contributed by atoms with Gasteiger partial charge < -0.3 is 5.32 Å². The smallest absolute Gasteiger partial charge is 0.154 e. The molecular weight excluding hydrogens is 270 g/mol. The molecule has 0 saturated heterocycles. The van der Waals surface area contributed by atoms with Crippen LogP contribution in [0.15, 0.2) is 24.3 Å². The molecule has 20 heavy (non-hydrogen) atoms. The van der Waals surface area contributed by atoms with E-state index in [0.717, 1.165) is 12.1 Å². The average molecular weight is 297 g/mol. The van der Waals surface area contributed by atoms with Crippen molar-refractivity contribution in [2.24, 2.45) is 0 Å². The Kier molecular flexibility index (Phi) is 6.21. The fourth-order valence-corrected chi connectivity index (χ4v) is 3.22. The van der Waals surface area contributed by atoms with Crippen LogP contribution in [-0.4, -0.2) is 26.0 Å². The van der Waals surface area contributed by atoms with Crippen LogP contribution >= 0.6 is 0 Å². The van der Waals surface area contributed by atoms with Gasteiger partial charge in [0.25, 0.3) is 0 Å². The summed E-state index contributed by atoms with van der Waals surface area (Å²) in [5, 5.41) is 2.94. The average Bonchev–Trinajstić information content (AvgIpc) is 2.38. The number of hydrogen-bond acceptors (Lipinski definition) is 3. The lowest BCUT2D eigenvalue weighted by Gasteiger charge is -2.20. The topological polar surface area (TPSA) is 46.2 Å². The minimum Gasteiger partial charge on any atom is -0.309 e. The second-order valence-corrected chi connectivity index (χ2v) is 8.41. The van der Waals surface area contributed by atoms with Gasteiger partial charge in [-0.15, -0.1) is 0 Å². The molecule has 3 nitrogen and oxygen atoms in total. The normalized spacial score (nSPS) is 13.9. The molecule has 0 fully saturated rings. The van der Waals surface area contributed by atoms with Gasteiger partial charge in [-0.2, -0.15) is 0 Å². The van der Waals surface area contributed by atoms with E-state index in [0.29, 0.717) is 5.92 Å². The monoisotopic (exact) mass is 297 g/mol. The van der Waals surface area contributed by atoms with Gasteiger partial charge in [0, 0.05) is 6.04 Å². The molecule has 0 bridgehead atoms. The van der Waals surface area contributed by atoms with E-state index in [2.05, 4.69) is 31.3 Å². The fourth-order valence-electron chi connectivity index (χ4n) is 2.06. The molecule has 0 spiro atoms. The summed E-state index contributed by atoms with van der Waals surface area (Å²) in [5.74, 6) is 0.639. The maximum absolute atomic E-state index is 12.1. The molecule has 1 aromatic carbocycles. The van der Waals surface area contributed by atoms with Crippen molar-refractivity contribution < 1.29 is 8.42 Å². The standard InChI is InChI=1S/C16H27NO2S/c1-6-17-16(11-20(18,19)13(4)5)15-9-7-14(8-10-15)12(2)3/h7-10,12-13,16-17H,6,11H2,1-5H3. The molecular formula is C16H27NO2S. The molecule has 1 rings (SSSR count). The largest absolute Gasteiger partial charge is 0.309 e. The van der Waals surface area contributed by atoms with Gasteiger partial charge in [-0.1, -0.05) is 45.0 Å². The Morgan fingerprint density at radius 3 is 1.90 bits per heavy atom. The molecule has 114 valence electrons. The Balaban J connectivity index is 2.96. The van der Waals surface area contributed by atoms with Gasteiger partial charge in [0.1, 0.15) is 0 Å². The Labute approximate surface area is 123 Å². The van der Waals surface area contributed by atoms with Crippen molar-refractivity contribution in [1.29, 1.82) is 0 Å². The number of rotatable bonds is 7. The molecule has 0 aromatic heterocycles. The number of sulfone groups is 1. The first-order chi connectivity index (χ1) is 9.27. The van der Waals surface area contributed by atoms with Crippen molar-refractivity contribution in [2.45, 2.75) is 51.8 Å². The van der Waals surface area contributed by atoms with Crippen molar-refractivity contribution in [3.63, 3.8) is 0 Å². The first kappa shape index (κ1) is 17.2. The summed E-state index contributed by atoms with van der Waals surface area (Å²) in [6.07, 6.45) is 0. The lowest BCUT2D eigenvalue weighted by atomic mass is 9.99. The van der Waals surface area contributed by atoms with Crippen LogP contribution in [0.5, 0.6) is 0 Å². The molecule has 1 N–H and O–H groups in total. The number of hydrogen-bond donors (Lipinski definition) is 1. The fraction of sp³-hybridized carbons (Fsp3) is 0.625. The molecule has 4 heteroatoms. The SMILES string of the molecule is CCNC(CS(=O)(=O)C(C)C)c1ccc(C(C)C)cc1. The van der Waals surface area contributed by atoms with Crippen LogP contribution in [0.1, 0.15) is 57.7 Å². The van der Waals surface area contributed by atoms with Crippen LogP contribution in [0, 0.1) is 0 Å². The number of benzene rings is 1. The second kappa shape index (κ2) is 7.23. The van der Waals surface area contributed by atoms with Crippen LogP contribution < -0.4 is 5.32 Å². The molecule has 0 radical (unpaired) electrons. The van der Waals surface area contributed by atoms with Crippen molar-refractivity contribution >= 4 is 9.84 Å². The van der Waals surface area contributed by atoms with Gasteiger partial charge >= 0.3 is 0 Å². The highest BCUT2D eigenvalue weighted by Crippen LogP contribution is 2.21. The van der Waals surface area contributed by atoms with Crippen molar-refractivity contribution in [2.75, 3.05) is 12.3 Å². The van der Waals surface area contributed by atoms with E-state index in [1.165, 1.54) is 5.56 Å². The third-order valence-corrected chi connectivity index (χ3v) is 5.81. The van der Waals surface area contributed by atoms with Gasteiger partial charge in [0.05, 0.1) is 11.0 Å². The highest BCUT2D eigenvalue weighted by Gasteiger charge is 2.23. The summed E-state index contributed by atoms with van der Waals surface area (Å²) in [4.78, 5) is 0. The van der Waals surface area contributed by atoms with Crippen LogP contribution in [0.3, 0.4) is 0 Å². The van der Waals surface area contributed by atoms with E-state index in [-0.39, 0.29) is 17.0 Å². The summed E-state index contributed by atoms with van der Waals surface area (Å²) >= 11 is 0. The van der Waals surface area contributed by atoms with Gasteiger partial charge in [-0.3, -0.25) is 0 Å². The van der Waals surface area contributed by atoms with Crippen molar-refractivity contribution in [1.82, 2.24) is 5.32 Å². The molecule has 1 aromatic rings. The molecule has 0 aliphatic rings. The highest BCUT2D eigenvalue weighted by atomic mass is 32.2. The first-order valence-corrected chi connectivity index (χ1v) is 9.04. The minimum absolute atomic E-state index is 0.131. The minimum atomic E-state index is -3.06. The molecule has 0 saturated carbocycles. The molecule has 0 amide bonds. The van der Waals surface area contributed by atoms with Crippen molar-refractivity contribution in [3.05, 3.63) is 35.4 Å². The van der Waals surface area contributed by atoms with E-state index >= 15 is 0 Å². The summed E-state index contributed by atoms with van der Waals surface area (Å²) in [7, 11) is -3.06. The van der Waals surface area contributed by atoms with Crippen LogP contribution in [0.2, 0.25) is 0 Å². The Morgan fingerprint density at radius 1 is 1.00 bits per heavy atom. The van der Waals surface area contributed by atoms with E-state index in [4.69, 9.17) is 0 Å². The third-order valence-electron chi connectivity index (χ3n) is 3.57. The maximum Gasteiger partial charge on any atom is 0.154 e. The summed E-state index contributed by atoms with van der Waals surface area (Å²) in [6, 6.07) is 8.13. The lowest BCUT2D eigenvalue weighted by molar-refractivity contribution is 0.553. The second-order valence-electron chi connectivity index (χ2n) is 5.81. The van der Waals surface area contributed by atoms with Gasteiger partial charge in [0.2, 0.25) is 0 Å². The molecule has 1 atom stereocenters. The molecule has 0 aliphatic heterocycles. The van der Waals surface area contributed by atoms with Gasteiger partial charge in [-0.25, -0.2) is 8.42 Å². The van der Waals surface area contributed by atoms with E-state index in [1.807, 2.05) is 19.1 Å². The van der Waals surface area contributed by atoms with Gasteiger partial charge in [-0.05, 0) is 37.4 Å². The Bertz CT molecular complexity index is 504. The Hall–Kier alpha value is -0.870. The Morgan fingerprint density at radius 2 is 1.50 bits per heavy atom. The summed E-state index contributed by atoms with van der Waals surface area (Å²) < 4.78 is 24.2. The lowest BCUT2D eigenvalue weighted by Crippen LogP contribution is -2.31. The highest BCUT2D eigenvalue weighted by molar-refractivity contribution is 7.92. The van der Waals surface area contributed by atoms with Crippen molar-refractivity contribution in [3.8, 4) is 0 Å². The molecule has 1 unspecified atom stereocenters. The van der Waals surface area contributed by atoms with Crippen LogP contribution in [0.25, 0.3) is 0 Å². The summed E-state index contributed by atoms with van der Waals surface area (Å²) in [6.45, 7) is 10.5. The quantitative estimate of drug-likeness (QED) is 0.840. The number of nitrogens with one attached hydrogen (secondary N) is 1. The zero-order valence-electron chi connectivity index (χ0n) is 13.2. The van der Waals surface area contributed by atoms with Crippen LogP contribution in [-0.2, 0) is 9.84 Å². The molecule has 0 heterocycles. The van der Waals surface area contributed by atoms with E-state index < -0.39 is 9.84 Å². The first-order valence-electron chi connectivity index (χ1n) is 7.32. The maximum atomic E-state index is 12.1. The van der Waals surface area contributed by atoms with E-state index in [9.17, 15) is 8.42 Å². The molecule has 0 aliphatic carbocycles. The van der Waals surface area contributed by atoms with Gasteiger partial charge in [0.15, 0.2) is 9.84 Å². The van der Waals surface area contributed by atoms with E-state index in [1.54, 1.807) is 13.8 Å². The zero-order valence-corrected chi connectivity index (χ0v) is 14.0. The predicted molar refractivity (Wildman–Crippen MR) is 85.9 cm³/mol.